The van der Waals surface area contributed by atoms with Crippen LogP contribution in [0.5, 0.6) is 0 Å². The molecule has 1 fully saturated rings. The minimum atomic E-state index is -4.04. The fourth-order valence-corrected chi connectivity index (χ4v) is 7.18. The van der Waals surface area contributed by atoms with E-state index >= 15 is 0 Å². The van der Waals surface area contributed by atoms with Crippen molar-refractivity contribution in [2.45, 2.75) is 32.7 Å². The van der Waals surface area contributed by atoms with Crippen molar-refractivity contribution in [3.63, 3.8) is 0 Å². The van der Waals surface area contributed by atoms with Gasteiger partial charge in [-0.3, -0.25) is 0 Å². The van der Waals surface area contributed by atoms with Crippen LogP contribution in [0.25, 0.3) is 26.8 Å². The minimum Gasteiger partial charge on any atom is -0.396 e. The van der Waals surface area contributed by atoms with Crippen molar-refractivity contribution >= 4 is 43.4 Å². The number of aliphatic hydroxyl groups is 1. The third-order valence-corrected chi connectivity index (χ3v) is 9.82. The Bertz CT molecular complexity index is 1460. The summed E-state index contributed by atoms with van der Waals surface area (Å²) in [4.78, 5) is 6.20. The summed E-state index contributed by atoms with van der Waals surface area (Å²) in [5.74, 6) is 0. The molecule has 1 saturated heterocycles. The molecule has 0 aliphatic carbocycles. The number of allylic oxidation sites excluding steroid dienone is 2. The average Bonchev–Trinajstić information content (AvgIpc) is 3.34. The molecule has 3 aromatic rings. The second-order valence-electron chi connectivity index (χ2n) is 10.2. The molecule has 2 heterocycles. The van der Waals surface area contributed by atoms with Gasteiger partial charge in [-0.1, -0.05) is 18.2 Å². The summed E-state index contributed by atoms with van der Waals surface area (Å²) in [6.45, 7) is 9.06. The smallest absolute Gasteiger partial charge is 0.251 e. The number of likely N-dealkylation sites (N-methyl/N-ethyl adjacent to an activating group) is 1. The van der Waals surface area contributed by atoms with Gasteiger partial charge in [0.2, 0.25) is 0 Å². The lowest BCUT2D eigenvalue weighted by atomic mass is 10.0. The first-order valence-corrected chi connectivity index (χ1v) is 14.7. The van der Waals surface area contributed by atoms with E-state index in [9.17, 15) is 18.8 Å². The van der Waals surface area contributed by atoms with E-state index in [0.29, 0.717) is 5.57 Å². The Balaban J connectivity index is 1.59. The first-order chi connectivity index (χ1) is 17.5. The van der Waals surface area contributed by atoms with E-state index in [2.05, 4.69) is 58.0 Å². The number of nitriles is 1. The topological polar surface area (TPSA) is 96.7 Å². The minimum absolute atomic E-state index is 0.155. The predicted octanol–water partition coefficient (Wildman–Crippen LogP) is 4.66. The molecule has 0 saturated carbocycles. The van der Waals surface area contributed by atoms with Crippen LogP contribution in [0.4, 0.5) is 5.69 Å². The number of hydrogen-bond acceptors (Lipinski definition) is 7. The molecule has 7 nitrogen and oxygen atoms in total. The zero-order chi connectivity index (χ0) is 26.8. The van der Waals surface area contributed by atoms with Gasteiger partial charge in [0.1, 0.15) is 6.07 Å². The fourth-order valence-electron chi connectivity index (χ4n) is 4.55. The van der Waals surface area contributed by atoms with E-state index in [1.165, 1.54) is 22.4 Å². The number of piperazine rings is 1. The van der Waals surface area contributed by atoms with Crippen molar-refractivity contribution in [2.24, 2.45) is 0 Å². The highest BCUT2D eigenvalue weighted by Crippen LogP contribution is 2.36. The lowest BCUT2D eigenvalue weighted by molar-refractivity contribution is 0.246. The van der Waals surface area contributed by atoms with Crippen LogP contribution >= 0.6 is 11.3 Å². The number of aliphatic hydroxyl groups excluding tert-OH is 1. The van der Waals surface area contributed by atoms with Gasteiger partial charge in [-0.15, -0.1) is 11.3 Å². The molecule has 0 unspecified atom stereocenters. The van der Waals surface area contributed by atoms with Gasteiger partial charge < -0.3 is 14.9 Å². The van der Waals surface area contributed by atoms with Crippen molar-refractivity contribution in [2.75, 3.05) is 44.7 Å². The van der Waals surface area contributed by atoms with Gasteiger partial charge in [0, 0.05) is 53.8 Å². The van der Waals surface area contributed by atoms with E-state index in [1.807, 2.05) is 18.2 Å². The van der Waals surface area contributed by atoms with E-state index in [1.54, 1.807) is 20.8 Å². The van der Waals surface area contributed by atoms with Crippen molar-refractivity contribution in [1.29, 1.82) is 5.26 Å². The van der Waals surface area contributed by atoms with E-state index in [4.69, 9.17) is 0 Å². The van der Waals surface area contributed by atoms with Crippen LogP contribution in [0, 0.1) is 11.3 Å². The van der Waals surface area contributed by atoms with Crippen LogP contribution in [0.2, 0.25) is 0 Å². The quantitative estimate of drug-likeness (QED) is 0.405. The third-order valence-electron chi connectivity index (χ3n) is 6.81. The van der Waals surface area contributed by atoms with Gasteiger partial charge in [0.05, 0.1) is 0 Å². The highest BCUT2D eigenvalue weighted by atomic mass is 32.2. The standard InChI is InChI=1S/C28H34N4O3S2/c1-20(27(19-29)37(34,35)30-28(2,3)11-16-33)25-9-10-26(36-25)23-6-5-22-18-24(8-7-21(22)17-23)32-14-12-31(4)13-15-32/h5-10,17-18,30,33H,11-16H2,1-4H3/b27-20+. The number of nitrogens with one attached hydrogen (secondary N) is 1. The highest BCUT2D eigenvalue weighted by molar-refractivity contribution is 7.94. The molecule has 2 aromatic carbocycles. The lowest BCUT2D eigenvalue weighted by Crippen LogP contribution is -2.44. The summed E-state index contributed by atoms with van der Waals surface area (Å²) < 4.78 is 28.5. The number of rotatable bonds is 8. The van der Waals surface area contributed by atoms with Gasteiger partial charge in [0.25, 0.3) is 10.0 Å². The normalized spacial score (nSPS) is 16.1. The second-order valence-corrected chi connectivity index (χ2v) is 12.9. The Kier molecular flexibility index (Phi) is 8.07. The van der Waals surface area contributed by atoms with Crippen LogP contribution in [0.1, 0.15) is 32.1 Å². The predicted molar refractivity (Wildman–Crippen MR) is 153 cm³/mol. The Morgan fingerprint density at radius 3 is 2.43 bits per heavy atom. The van der Waals surface area contributed by atoms with Crippen molar-refractivity contribution < 1.29 is 13.5 Å². The summed E-state index contributed by atoms with van der Waals surface area (Å²) in [5.41, 5.74) is 1.83. The molecule has 37 heavy (non-hydrogen) atoms. The van der Waals surface area contributed by atoms with Crippen LogP contribution in [0.15, 0.2) is 53.4 Å². The molecular formula is C28H34N4O3S2. The summed E-state index contributed by atoms with van der Waals surface area (Å²) in [7, 11) is -1.89. The van der Waals surface area contributed by atoms with Gasteiger partial charge in [-0.25, -0.2) is 13.1 Å². The number of thiophene rings is 1. The van der Waals surface area contributed by atoms with E-state index in [0.717, 1.165) is 46.9 Å². The van der Waals surface area contributed by atoms with E-state index in [-0.39, 0.29) is 17.9 Å². The third kappa shape index (κ3) is 6.22. The number of fused-ring (bicyclic) bond motifs is 1. The average molecular weight is 539 g/mol. The molecule has 196 valence electrons. The molecule has 0 atom stereocenters. The fraction of sp³-hybridized carbons (Fsp3) is 0.393. The van der Waals surface area contributed by atoms with Crippen LogP contribution in [-0.4, -0.2) is 63.8 Å². The van der Waals surface area contributed by atoms with Crippen LogP contribution < -0.4 is 9.62 Å². The maximum atomic E-state index is 13.0. The van der Waals surface area contributed by atoms with Crippen molar-refractivity contribution in [3.8, 4) is 16.5 Å². The highest BCUT2D eigenvalue weighted by Gasteiger charge is 2.29. The molecule has 1 aromatic heterocycles. The van der Waals surface area contributed by atoms with Gasteiger partial charge in [0.15, 0.2) is 4.91 Å². The van der Waals surface area contributed by atoms with Crippen molar-refractivity contribution in [1.82, 2.24) is 9.62 Å². The molecular weight excluding hydrogens is 504 g/mol. The molecule has 1 aliphatic heterocycles. The summed E-state index contributed by atoms with van der Waals surface area (Å²) in [5, 5.41) is 21.3. The van der Waals surface area contributed by atoms with Crippen LogP contribution in [0.3, 0.4) is 0 Å². The number of benzene rings is 2. The molecule has 1 aliphatic rings. The SMILES string of the molecule is C/C(=C(/C#N)S(=O)(=O)NC(C)(C)CCO)c1ccc(-c2ccc3cc(N4CCN(C)CC4)ccc3c2)s1. The molecule has 0 spiro atoms. The molecule has 0 amide bonds. The zero-order valence-electron chi connectivity index (χ0n) is 21.8. The number of anilines is 1. The van der Waals surface area contributed by atoms with Crippen molar-refractivity contribution in [3.05, 3.63) is 58.3 Å². The zero-order valence-corrected chi connectivity index (χ0v) is 23.4. The molecule has 4 rings (SSSR count). The lowest BCUT2D eigenvalue weighted by Gasteiger charge is -2.34. The maximum absolute atomic E-state index is 13.0. The Morgan fingerprint density at radius 1 is 1.08 bits per heavy atom. The number of sulfonamides is 1. The Labute approximate surface area is 223 Å². The Hall–Kier alpha value is -2.74. The van der Waals surface area contributed by atoms with Gasteiger partial charge in [-0.05, 0) is 86.5 Å². The molecule has 2 N–H and O–H groups in total. The van der Waals surface area contributed by atoms with Gasteiger partial charge >= 0.3 is 0 Å². The maximum Gasteiger partial charge on any atom is 0.251 e. The first-order valence-electron chi connectivity index (χ1n) is 12.4. The number of hydrogen-bond donors (Lipinski definition) is 2. The van der Waals surface area contributed by atoms with Crippen LogP contribution in [-0.2, 0) is 10.0 Å². The largest absolute Gasteiger partial charge is 0.396 e. The molecule has 9 heteroatoms. The Morgan fingerprint density at radius 2 is 1.76 bits per heavy atom. The van der Waals surface area contributed by atoms with Gasteiger partial charge in [-0.2, -0.15) is 5.26 Å². The summed E-state index contributed by atoms with van der Waals surface area (Å²) in [6.07, 6.45) is 0.242. The summed E-state index contributed by atoms with van der Waals surface area (Å²) >= 11 is 1.46. The molecule has 0 bridgehead atoms. The van der Waals surface area contributed by atoms with E-state index < -0.39 is 15.6 Å². The first kappa shape index (κ1) is 27.3. The second kappa shape index (κ2) is 10.9. The monoisotopic (exact) mass is 538 g/mol. The molecule has 0 radical (unpaired) electrons. The number of nitrogens with zero attached hydrogens (tertiary/aromatic N) is 3. The summed E-state index contributed by atoms with van der Waals surface area (Å²) in [6, 6.07) is 18.7.